The number of carbonyl (C=O) groups is 3. The molecule has 0 radical (unpaired) electrons. The van der Waals surface area contributed by atoms with Crippen molar-refractivity contribution in [3.8, 4) is 17.2 Å². The third-order valence-corrected chi connectivity index (χ3v) is 4.95. The van der Waals surface area contributed by atoms with Crippen LogP contribution in [0.15, 0.2) is 77.4 Å². The molecule has 0 atom stereocenters. The molecular formula is C27H21NO7. The first kappa shape index (κ1) is 23.4. The molecule has 8 nitrogen and oxygen atoms in total. The minimum atomic E-state index is -0.664. The molecule has 1 aliphatic rings. The van der Waals surface area contributed by atoms with Crippen molar-refractivity contribution >= 4 is 29.9 Å². The maximum Gasteiger partial charge on any atom is 0.363 e. The third-order valence-electron chi connectivity index (χ3n) is 4.95. The summed E-state index contributed by atoms with van der Waals surface area (Å²) in [6, 6.07) is 18.5. The molecule has 0 unspecified atom stereocenters. The second kappa shape index (κ2) is 10.0. The van der Waals surface area contributed by atoms with Crippen molar-refractivity contribution in [3.63, 3.8) is 0 Å². The number of nitrogens with zero attached hydrogens (tertiary/aromatic N) is 1. The number of hydrogen-bond acceptors (Lipinski definition) is 8. The SMILES string of the molecule is COc1cc(C2=N/C(=C\c3ccccc3OC(=O)c3cccc(C)c3)C(=O)O2)ccc1OC(C)=O. The molecule has 1 aliphatic heterocycles. The number of benzene rings is 3. The monoisotopic (exact) mass is 471 g/mol. The summed E-state index contributed by atoms with van der Waals surface area (Å²) in [5.74, 6) is -0.831. The molecule has 0 amide bonds. The molecule has 3 aromatic rings. The largest absolute Gasteiger partial charge is 0.493 e. The average molecular weight is 471 g/mol. The van der Waals surface area contributed by atoms with Crippen molar-refractivity contribution in [1.29, 1.82) is 0 Å². The summed E-state index contributed by atoms with van der Waals surface area (Å²) in [7, 11) is 1.43. The maximum absolute atomic E-state index is 12.6. The number of aryl methyl sites for hydroxylation is 1. The van der Waals surface area contributed by atoms with Gasteiger partial charge in [0.25, 0.3) is 0 Å². The zero-order valence-electron chi connectivity index (χ0n) is 19.2. The van der Waals surface area contributed by atoms with Gasteiger partial charge in [-0.25, -0.2) is 14.6 Å². The Balaban J connectivity index is 1.61. The molecule has 0 saturated carbocycles. The fourth-order valence-electron chi connectivity index (χ4n) is 3.34. The molecule has 0 saturated heterocycles. The molecule has 3 aromatic carbocycles. The van der Waals surface area contributed by atoms with Gasteiger partial charge in [-0.1, -0.05) is 35.9 Å². The topological polar surface area (TPSA) is 100 Å². The second-order valence-corrected chi connectivity index (χ2v) is 7.59. The minimum Gasteiger partial charge on any atom is -0.493 e. The quantitative estimate of drug-likeness (QED) is 0.297. The van der Waals surface area contributed by atoms with Gasteiger partial charge in [-0.15, -0.1) is 0 Å². The Labute approximate surface area is 201 Å². The summed E-state index contributed by atoms with van der Waals surface area (Å²) in [6.45, 7) is 3.17. The van der Waals surface area contributed by atoms with Gasteiger partial charge in [0.15, 0.2) is 17.2 Å². The van der Waals surface area contributed by atoms with Gasteiger partial charge in [-0.3, -0.25) is 4.79 Å². The van der Waals surface area contributed by atoms with Gasteiger partial charge < -0.3 is 18.9 Å². The van der Waals surface area contributed by atoms with Gasteiger partial charge in [0.1, 0.15) is 5.75 Å². The molecule has 0 N–H and O–H groups in total. The van der Waals surface area contributed by atoms with E-state index in [0.29, 0.717) is 16.7 Å². The van der Waals surface area contributed by atoms with Crippen molar-refractivity contribution in [1.82, 2.24) is 0 Å². The zero-order chi connectivity index (χ0) is 24.9. The molecular weight excluding hydrogens is 450 g/mol. The summed E-state index contributed by atoms with van der Waals surface area (Å²) in [5, 5.41) is 0. The summed E-state index contributed by atoms with van der Waals surface area (Å²) < 4.78 is 21.3. The highest BCUT2D eigenvalue weighted by atomic mass is 16.6. The lowest BCUT2D eigenvalue weighted by atomic mass is 10.1. The normalized spacial score (nSPS) is 13.7. The van der Waals surface area contributed by atoms with E-state index < -0.39 is 17.9 Å². The molecule has 8 heteroatoms. The summed E-state index contributed by atoms with van der Waals surface area (Å²) >= 11 is 0. The Bertz CT molecular complexity index is 1390. The average Bonchev–Trinajstić information content (AvgIpc) is 3.20. The highest BCUT2D eigenvalue weighted by molar-refractivity contribution is 6.13. The van der Waals surface area contributed by atoms with E-state index in [9.17, 15) is 14.4 Å². The van der Waals surface area contributed by atoms with E-state index >= 15 is 0 Å². The molecule has 0 bridgehead atoms. The van der Waals surface area contributed by atoms with E-state index in [4.69, 9.17) is 18.9 Å². The second-order valence-electron chi connectivity index (χ2n) is 7.59. The lowest BCUT2D eigenvalue weighted by Crippen LogP contribution is -2.09. The van der Waals surface area contributed by atoms with Crippen LogP contribution in [0.4, 0.5) is 0 Å². The van der Waals surface area contributed by atoms with Crippen molar-refractivity contribution < 1.29 is 33.3 Å². The third kappa shape index (κ3) is 5.44. The maximum atomic E-state index is 12.6. The van der Waals surface area contributed by atoms with Crippen LogP contribution in [0.3, 0.4) is 0 Å². The fraction of sp³-hybridized carbons (Fsp3) is 0.111. The van der Waals surface area contributed by atoms with Crippen LogP contribution in [-0.2, 0) is 14.3 Å². The number of aliphatic imine (C=N–C) groups is 1. The van der Waals surface area contributed by atoms with Crippen LogP contribution < -0.4 is 14.2 Å². The number of para-hydroxylation sites is 1. The van der Waals surface area contributed by atoms with Gasteiger partial charge in [0, 0.05) is 18.1 Å². The molecule has 4 rings (SSSR count). The number of methoxy groups -OCH3 is 1. The summed E-state index contributed by atoms with van der Waals surface area (Å²) in [5.41, 5.74) is 2.31. The first-order valence-electron chi connectivity index (χ1n) is 10.6. The first-order valence-corrected chi connectivity index (χ1v) is 10.6. The van der Waals surface area contributed by atoms with Crippen LogP contribution >= 0.6 is 0 Å². The number of esters is 3. The van der Waals surface area contributed by atoms with Crippen molar-refractivity contribution in [2.75, 3.05) is 7.11 Å². The Morgan fingerprint density at radius 2 is 1.71 bits per heavy atom. The highest BCUT2D eigenvalue weighted by Crippen LogP contribution is 2.31. The van der Waals surface area contributed by atoms with Gasteiger partial charge in [0.2, 0.25) is 5.90 Å². The van der Waals surface area contributed by atoms with Crippen molar-refractivity contribution in [2.24, 2.45) is 4.99 Å². The Morgan fingerprint density at radius 1 is 0.914 bits per heavy atom. The predicted molar refractivity (Wildman–Crippen MR) is 127 cm³/mol. The Morgan fingerprint density at radius 3 is 2.46 bits per heavy atom. The van der Waals surface area contributed by atoms with Crippen molar-refractivity contribution in [2.45, 2.75) is 13.8 Å². The van der Waals surface area contributed by atoms with E-state index in [-0.39, 0.29) is 28.8 Å². The Hall–Kier alpha value is -4.72. The summed E-state index contributed by atoms with van der Waals surface area (Å²) in [4.78, 5) is 40.7. The van der Waals surface area contributed by atoms with Crippen LogP contribution in [0.2, 0.25) is 0 Å². The van der Waals surface area contributed by atoms with Gasteiger partial charge in [0.05, 0.1) is 12.7 Å². The van der Waals surface area contributed by atoms with E-state index in [1.54, 1.807) is 54.6 Å². The van der Waals surface area contributed by atoms with E-state index in [0.717, 1.165) is 5.56 Å². The number of ether oxygens (including phenoxy) is 4. The predicted octanol–water partition coefficient (Wildman–Crippen LogP) is 4.49. The summed E-state index contributed by atoms with van der Waals surface area (Å²) in [6.07, 6.45) is 1.48. The first-order chi connectivity index (χ1) is 16.8. The van der Waals surface area contributed by atoms with Gasteiger partial charge in [-0.2, -0.15) is 0 Å². The van der Waals surface area contributed by atoms with Crippen molar-refractivity contribution in [3.05, 3.63) is 94.7 Å². The number of carbonyl (C=O) groups excluding carboxylic acids is 3. The van der Waals surface area contributed by atoms with Gasteiger partial charge in [-0.05, 0) is 49.4 Å². The lowest BCUT2D eigenvalue weighted by Gasteiger charge is -2.09. The highest BCUT2D eigenvalue weighted by Gasteiger charge is 2.26. The van der Waals surface area contributed by atoms with E-state index in [1.165, 1.54) is 26.2 Å². The fourth-order valence-corrected chi connectivity index (χ4v) is 3.34. The number of hydrogen-bond donors (Lipinski definition) is 0. The van der Waals surface area contributed by atoms with E-state index in [2.05, 4.69) is 4.99 Å². The molecule has 176 valence electrons. The number of rotatable bonds is 6. The van der Waals surface area contributed by atoms with Crippen LogP contribution in [0.1, 0.15) is 34.0 Å². The standard InChI is InChI=1S/C27H21NO7/c1-16-7-6-9-20(13-16)26(30)34-22-10-5-4-8-18(22)14-21-27(31)35-25(28-21)19-11-12-23(33-17(2)29)24(15-19)32-3/h4-15H,1-3H3/b21-14-. The van der Waals surface area contributed by atoms with E-state index in [1.807, 2.05) is 13.0 Å². The lowest BCUT2D eigenvalue weighted by molar-refractivity contribution is -0.132. The van der Waals surface area contributed by atoms with Crippen LogP contribution in [-0.4, -0.2) is 30.9 Å². The van der Waals surface area contributed by atoms with Gasteiger partial charge >= 0.3 is 17.9 Å². The molecule has 0 spiro atoms. The number of cyclic esters (lactones) is 1. The zero-order valence-corrected chi connectivity index (χ0v) is 19.2. The minimum absolute atomic E-state index is 0.0297. The molecule has 0 fully saturated rings. The molecule has 0 aromatic heterocycles. The van der Waals surface area contributed by atoms with Crippen LogP contribution in [0.5, 0.6) is 17.2 Å². The van der Waals surface area contributed by atoms with Crippen LogP contribution in [0, 0.1) is 6.92 Å². The molecule has 0 aliphatic carbocycles. The molecule has 35 heavy (non-hydrogen) atoms. The smallest absolute Gasteiger partial charge is 0.363 e. The Kier molecular flexibility index (Phi) is 6.73. The van der Waals surface area contributed by atoms with Crippen LogP contribution in [0.25, 0.3) is 6.08 Å². The molecule has 1 heterocycles.